The van der Waals surface area contributed by atoms with E-state index >= 15 is 0 Å². The summed E-state index contributed by atoms with van der Waals surface area (Å²) in [6.07, 6.45) is -5.23. The van der Waals surface area contributed by atoms with Crippen LogP contribution in [0.4, 0.5) is 26.3 Å². The lowest BCUT2D eigenvalue weighted by Crippen LogP contribution is -2.33. The Morgan fingerprint density at radius 1 is 1.21 bits per heavy atom. The van der Waals surface area contributed by atoms with Crippen LogP contribution in [0.1, 0.15) is 27.9 Å². The molecule has 0 fully saturated rings. The average molecular weight is 488 g/mol. The largest absolute Gasteiger partial charge is 0.480 e. The molecule has 1 aromatic heterocycles. The Balaban J connectivity index is 1.93. The molecular formula is C22H18F6N2O2S. The van der Waals surface area contributed by atoms with Gasteiger partial charge in [0.25, 0.3) is 5.92 Å². The Kier molecular flexibility index (Phi) is 5.68. The van der Waals surface area contributed by atoms with Crippen LogP contribution < -0.4 is 0 Å². The van der Waals surface area contributed by atoms with Crippen molar-refractivity contribution in [3.8, 4) is 0 Å². The SMILES string of the molecule is Cc1c(Cc2cc3c(cc2C(F)(F)F)SN(C)CC3(F)F)c2cc(F)ccc2n1CC(=O)O. The highest BCUT2D eigenvalue weighted by molar-refractivity contribution is 7.97. The number of benzene rings is 2. The van der Waals surface area contributed by atoms with Gasteiger partial charge >= 0.3 is 12.1 Å². The van der Waals surface area contributed by atoms with Gasteiger partial charge in [-0.2, -0.15) is 22.0 Å². The molecule has 0 atom stereocenters. The molecule has 2 aromatic carbocycles. The first-order chi connectivity index (χ1) is 15.3. The number of alkyl halides is 5. The first-order valence-corrected chi connectivity index (χ1v) is 10.6. The highest BCUT2D eigenvalue weighted by Crippen LogP contribution is 2.47. The molecule has 2 heterocycles. The minimum atomic E-state index is -4.81. The fraction of sp³-hybridized carbons (Fsp3) is 0.318. The summed E-state index contributed by atoms with van der Waals surface area (Å²) in [6.45, 7) is 0.379. The third kappa shape index (κ3) is 4.31. The van der Waals surface area contributed by atoms with Gasteiger partial charge in [0.15, 0.2) is 0 Å². The summed E-state index contributed by atoms with van der Waals surface area (Å²) in [4.78, 5) is 11.1. The Bertz CT molecular complexity index is 1270. The lowest BCUT2D eigenvalue weighted by Gasteiger charge is -2.32. The number of aliphatic carboxylic acids is 1. The van der Waals surface area contributed by atoms with E-state index in [0.29, 0.717) is 11.2 Å². The number of aromatic nitrogens is 1. The van der Waals surface area contributed by atoms with Gasteiger partial charge in [0, 0.05) is 33.5 Å². The number of carboxylic acid groups (broad SMARTS) is 1. The van der Waals surface area contributed by atoms with Gasteiger partial charge in [-0.05, 0) is 67.4 Å². The van der Waals surface area contributed by atoms with Crippen molar-refractivity contribution in [2.24, 2.45) is 0 Å². The zero-order chi connectivity index (χ0) is 24.3. The minimum absolute atomic E-state index is 0.180. The summed E-state index contributed by atoms with van der Waals surface area (Å²) in [5, 5.41) is 9.47. The summed E-state index contributed by atoms with van der Waals surface area (Å²) in [7, 11) is 1.37. The fourth-order valence-corrected chi connectivity index (χ4v) is 5.28. The van der Waals surface area contributed by atoms with Crippen LogP contribution in [0, 0.1) is 12.7 Å². The molecule has 3 aromatic rings. The number of carboxylic acids is 1. The normalized spacial score (nSPS) is 16.2. The van der Waals surface area contributed by atoms with E-state index < -0.39 is 54.5 Å². The van der Waals surface area contributed by atoms with Crippen LogP contribution in [-0.2, 0) is 29.9 Å². The number of nitrogens with zero attached hydrogens (tertiary/aromatic N) is 2. The standard InChI is InChI=1S/C22H18F6N2O2S/c1-11-14(15-7-13(23)3-4-18(15)30(11)9-20(31)32)5-12-6-17-19(8-16(12)22(26,27)28)33-29(2)10-21(17,24)25/h3-4,6-8H,5,9-10H2,1-2H3,(H,31,32). The maximum Gasteiger partial charge on any atom is 0.416 e. The molecule has 0 spiro atoms. The number of fused-ring (bicyclic) bond motifs is 2. The van der Waals surface area contributed by atoms with E-state index in [-0.39, 0.29) is 21.4 Å². The van der Waals surface area contributed by atoms with Crippen LogP contribution in [0.2, 0.25) is 0 Å². The van der Waals surface area contributed by atoms with E-state index in [1.165, 1.54) is 28.9 Å². The van der Waals surface area contributed by atoms with Crippen molar-refractivity contribution in [2.45, 2.75) is 36.9 Å². The van der Waals surface area contributed by atoms with Crippen LogP contribution in [0.5, 0.6) is 0 Å². The third-order valence-corrected chi connectivity index (χ3v) is 6.63. The molecule has 1 aliphatic rings. The van der Waals surface area contributed by atoms with Crippen molar-refractivity contribution >= 4 is 28.8 Å². The van der Waals surface area contributed by atoms with Crippen molar-refractivity contribution < 1.29 is 36.2 Å². The van der Waals surface area contributed by atoms with E-state index in [0.717, 1.165) is 36.2 Å². The number of halogens is 6. The second-order valence-electron chi connectivity index (χ2n) is 7.97. The molecule has 1 aliphatic heterocycles. The number of rotatable bonds is 4. The second-order valence-corrected chi connectivity index (χ2v) is 9.21. The number of hydrogen-bond acceptors (Lipinski definition) is 3. The predicted molar refractivity (Wildman–Crippen MR) is 111 cm³/mol. The lowest BCUT2D eigenvalue weighted by molar-refractivity contribution is -0.139. The van der Waals surface area contributed by atoms with Gasteiger partial charge in [-0.1, -0.05) is 0 Å². The molecule has 0 amide bonds. The van der Waals surface area contributed by atoms with Crippen LogP contribution in [0.3, 0.4) is 0 Å². The Morgan fingerprint density at radius 3 is 2.55 bits per heavy atom. The van der Waals surface area contributed by atoms with Crippen molar-refractivity contribution in [3.05, 3.63) is 64.1 Å². The molecule has 0 saturated heterocycles. The van der Waals surface area contributed by atoms with E-state index in [4.69, 9.17) is 0 Å². The maximum absolute atomic E-state index is 14.7. The van der Waals surface area contributed by atoms with Crippen LogP contribution in [0.15, 0.2) is 35.2 Å². The second kappa shape index (κ2) is 7.98. The van der Waals surface area contributed by atoms with E-state index in [1.807, 2.05) is 0 Å². The number of likely N-dealkylation sites (N-methyl/N-ethyl adjacent to an activating group) is 1. The molecule has 0 bridgehead atoms. The summed E-state index contributed by atoms with van der Waals surface area (Å²) in [5.41, 5.74) is -1.03. The molecule has 4 rings (SSSR count). The third-order valence-electron chi connectivity index (χ3n) is 5.66. The number of carbonyl (C=O) groups is 1. The monoisotopic (exact) mass is 488 g/mol. The van der Waals surface area contributed by atoms with Gasteiger partial charge in [-0.15, -0.1) is 0 Å². The van der Waals surface area contributed by atoms with E-state index in [2.05, 4.69) is 0 Å². The molecule has 11 heteroatoms. The Morgan fingerprint density at radius 2 is 1.91 bits per heavy atom. The van der Waals surface area contributed by atoms with Gasteiger partial charge in [-0.25, -0.2) is 8.70 Å². The van der Waals surface area contributed by atoms with Crippen LogP contribution in [0.25, 0.3) is 10.9 Å². The first-order valence-electron chi connectivity index (χ1n) is 9.78. The molecule has 0 unspecified atom stereocenters. The highest BCUT2D eigenvalue weighted by Gasteiger charge is 2.43. The van der Waals surface area contributed by atoms with Gasteiger partial charge in [0.2, 0.25) is 0 Å². The van der Waals surface area contributed by atoms with E-state index in [1.54, 1.807) is 0 Å². The maximum atomic E-state index is 14.7. The first kappa shape index (κ1) is 23.5. The van der Waals surface area contributed by atoms with Gasteiger partial charge in [0.05, 0.1) is 12.1 Å². The highest BCUT2D eigenvalue weighted by atomic mass is 32.2. The smallest absolute Gasteiger partial charge is 0.416 e. The van der Waals surface area contributed by atoms with Crippen LogP contribution in [-0.4, -0.2) is 33.5 Å². The van der Waals surface area contributed by atoms with E-state index in [9.17, 15) is 36.2 Å². The Hall–Kier alpha value is -2.66. The molecule has 1 N–H and O–H groups in total. The van der Waals surface area contributed by atoms with Crippen LogP contribution >= 0.6 is 11.9 Å². The zero-order valence-corrected chi connectivity index (χ0v) is 18.3. The topological polar surface area (TPSA) is 45.5 Å². The number of hydrogen-bond donors (Lipinski definition) is 1. The molecular weight excluding hydrogens is 470 g/mol. The predicted octanol–water partition coefficient (Wildman–Crippen LogP) is 5.83. The fourth-order valence-electron chi connectivity index (χ4n) is 4.24. The summed E-state index contributed by atoms with van der Waals surface area (Å²) in [5.74, 6) is -5.19. The lowest BCUT2D eigenvalue weighted by atomic mass is 9.93. The molecule has 176 valence electrons. The summed E-state index contributed by atoms with van der Waals surface area (Å²) < 4.78 is 87.6. The van der Waals surface area contributed by atoms with Crippen molar-refractivity contribution in [2.75, 3.05) is 13.6 Å². The van der Waals surface area contributed by atoms with Crippen molar-refractivity contribution in [3.63, 3.8) is 0 Å². The molecule has 0 saturated carbocycles. The Labute approximate surface area is 188 Å². The average Bonchev–Trinajstić information content (AvgIpc) is 2.91. The molecule has 0 radical (unpaired) electrons. The molecule has 4 nitrogen and oxygen atoms in total. The molecule has 0 aliphatic carbocycles. The van der Waals surface area contributed by atoms with Gasteiger partial charge in [-0.3, -0.25) is 4.79 Å². The zero-order valence-electron chi connectivity index (χ0n) is 17.4. The minimum Gasteiger partial charge on any atom is -0.480 e. The molecule has 33 heavy (non-hydrogen) atoms. The summed E-state index contributed by atoms with van der Waals surface area (Å²) >= 11 is 0.812. The van der Waals surface area contributed by atoms with Gasteiger partial charge in [0.1, 0.15) is 12.4 Å². The van der Waals surface area contributed by atoms with Crippen molar-refractivity contribution in [1.29, 1.82) is 0 Å². The van der Waals surface area contributed by atoms with Crippen molar-refractivity contribution in [1.82, 2.24) is 8.87 Å². The summed E-state index contributed by atoms with van der Waals surface area (Å²) in [6, 6.07) is 5.18. The van der Waals surface area contributed by atoms with Gasteiger partial charge < -0.3 is 9.67 Å². The quantitative estimate of drug-likeness (QED) is 0.371.